The van der Waals surface area contributed by atoms with Crippen LogP contribution >= 0.6 is 0 Å². The summed E-state index contributed by atoms with van der Waals surface area (Å²) in [4.78, 5) is 0. The van der Waals surface area contributed by atoms with Gasteiger partial charge in [-0.25, -0.2) is 0 Å². The van der Waals surface area contributed by atoms with Crippen LogP contribution in [0.3, 0.4) is 0 Å². The molecule has 1 rings (SSSR count). The molecule has 0 saturated heterocycles. The van der Waals surface area contributed by atoms with Gasteiger partial charge in [0.25, 0.3) is 0 Å². The Kier molecular flexibility index (Phi) is 2.55. The topological polar surface area (TPSA) is 13.1 Å². The summed E-state index contributed by atoms with van der Waals surface area (Å²) >= 11 is 0. The van der Waals surface area contributed by atoms with Crippen LogP contribution in [0.5, 0.6) is 0 Å². The molecule has 0 N–H and O–H groups in total. The fourth-order valence-electron chi connectivity index (χ4n) is 0.227. The van der Waals surface area contributed by atoms with Crippen LogP contribution in [-0.4, -0.2) is 15.5 Å². The Labute approximate surface area is 39.2 Å². The Balaban J connectivity index is 0.000000250. The maximum absolute atomic E-state index is 4.58. The van der Waals surface area contributed by atoms with Gasteiger partial charge in [-0.1, -0.05) is 0 Å². The van der Waals surface area contributed by atoms with Crippen LogP contribution in [0, 0.1) is 0 Å². The van der Waals surface area contributed by atoms with E-state index in [0.717, 1.165) is 0 Å². The van der Waals surface area contributed by atoms with E-state index < -0.39 is 0 Å². The minimum atomic E-state index is 0. The summed E-state index contributed by atoms with van der Waals surface area (Å²) in [6, 6.07) is 1.83. The van der Waals surface area contributed by atoms with Crippen molar-refractivity contribution in [2.45, 2.75) is 0 Å². The Morgan fingerprint density at radius 1 is 1.50 bits per heavy atom. The first-order valence-electron chi connectivity index (χ1n) is 1.47. The molecule has 0 amide bonds. The summed E-state index contributed by atoms with van der Waals surface area (Å²) < 4.78 is 4.58. The molecule has 1 aromatic heterocycles. The normalized spacial score (nSPS) is 6.00. The second-order valence-corrected chi connectivity index (χ2v) is 0.793. The van der Waals surface area contributed by atoms with Gasteiger partial charge in [0.1, 0.15) is 0 Å². The molecule has 27 valence electrons. The van der Waals surface area contributed by atoms with Crippen molar-refractivity contribution in [3.05, 3.63) is 18.3 Å². The SMILES string of the molecule is [B].b1ccco1. The third-order valence-corrected chi connectivity index (χ3v) is 0.425. The second-order valence-electron chi connectivity index (χ2n) is 0.793. The Morgan fingerprint density at radius 3 is 2.50 bits per heavy atom. The van der Waals surface area contributed by atoms with Crippen molar-refractivity contribution >= 4 is 15.5 Å². The molecule has 6 heavy (non-hydrogen) atoms. The number of rotatable bonds is 0. The van der Waals surface area contributed by atoms with Gasteiger partial charge in [0.2, 0.25) is 0 Å². The van der Waals surface area contributed by atoms with Crippen molar-refractivity contribution in [1.29, 1.82) is 0 Å². The predicted molar refractivity (Wildman–Crippen MR) is 25.8 cm³/mol. The van der Waals surface area contributed by atoms with Crippen molar-refractivity contribution in [3.8, 4) is 0 Å². The summed E-state index contributed by atoms with van der Waals surface area (Å²) in [6.07, 6.45) is 1.62. The van der Waals surface area contributed by atoms with Crippen LogP contribution < -0.4 is 0 Å². The van der Waals surface area contributed by atoms with Gasteiger partial charge in [-0.05, 0) is 0 Å². The van der Waals surface area contributed by atoms with Crippen LogP contribution in [0.1, 0.15) is 0 Å². The molecule has 0 aromatic carbocycles. The molecule has 1 nitrogen and oxygen atoms in total. The molecule has 3 heteroatoms. The van der Waals surface area contributed by atoms with Crippen molar-refractivity contribution in [3.63, 3.8) is 0 Å². The zero-order valence-electron chi connectivity index (χ0n) is 3.29. The quantitative estimate of drug-likeness (QED) is 0.404. The van der Waals surface area contributed by atoms with Gasteiger partial charge in [0.05, 0.1) is 0 Å². The van der Waals surface area contributed by atoms with Gasteiger partial charge in [-0.15, -0.1) is 0 Å². The van der Waals surface area contributed by atoms with E-state index in [-0.39, 0.29) is 8.41 Å². The molecule has 0 fully saturated rings. The summed E-state index contributed by atoms with van der Waals surface area (Å²) in [6.45, 7) is 0. The number of hydrogen-bond donors (Lipinski definition) is 0. The van der Waals surface area contributed by atoms with E-state index in [9.17, 15) is 0 Å². The van der Waals surface area contributed by atoms with E-state index in [1.165, 1.54) is 0 Å². The van der Waals surface area contributed by atoms with Crippen LogP contribution in [0.25, 0.3) is 0 Å². The zero-order valence-corrected chi connectivity index (χ0v) is 3.29. The average Bonchev–Trinajstić information content (AvgIpc) is 1.76. The predicted octanol–water partition coefficient (Wildman–Crippen LogP) is 0.237. The first-order valence-corrected chi connectivity index (χ1v) is 1.47. The molecule has 0 unspecified atom stereocenters. The van der Waals surface area contributed by atoms with Gasteiger partial charge >= 0.3 is 29.7 Å². The Bertz CT molecular complexity index is 65.3. The molecule has 0 spiro atoms. The zero-order chi connectivity index (χ0) is 3.54. The van der Waals surface area contributed by atoms with Crippen molar-refractivity contribution in [2.24, 2.45) is 0 Å². The monoisotopic (exact) mass is 77.0 g/mol. The first-order chi connectivity index (χ1) is 2.50. The standard InChI is InChI=1S/C3H3BO.B/c1-2-4-5-3-1;/h1-3H;. The molecular formula is C3H3B2O. The average molecular weight is 76.7 g/mol. The molecule has 0 aliphatic rings. The van der Waals surface area contributed by atoms with Crippen LogP contribution in [-0.2, 0) is 0 Å². The third kappa shape index (κ3) is 1.11. The van der Waals surface area contributed by atoms with Crippen LogP contribution in [0.15, 0.2) is 22.6 Å². The molecule has 0 bridgehead atoms. The number of hydrogen-bond acceptors (Lipinski definition) is 1. The van der Waals surface area contributed by atoms with E-state index in [4.69, 9.17) is 0 Å². The van der Waals surface area contributed by atoms with Crippen LogP contribution in [0.2, 0.25) is 0 Å². The van der Waals surface area contributed by atoms with Crippen molar-refractivity contribution < 1.29 is 4.33 Å². The van der Waals surface area contributed by atoms with E-state index in [0.29, 0.717) is 0 Å². The summed E-state index contributed by atoms with van der Waals surface area (Å²) in [5.41, 5.74) is 0. The fraction of sp³-hybridized carbons (Fsp3) is 0. The van der Waals surface area contributed by atoms with Gasteiger partial charge < -0.3 is 0 Å². The molecular weight excluding hydrogens is 73.7 g/mol. The Hall–Kier alpha value is -0.460. The molecule has 0 atom stereocenters. The van der Waals surface area contributed by atoms with Crippen molar-refractivity contribution in [2.75, 3.05) is 0 Å². The van der Waals surface area contributed by atoms with E-state index in [2.05, 4.69) is 4.33 Å². The maximum atomic E-state index is 4.58. The van der Waals surface area contributed by atoms with E-state index >= 15 is 0 Å². The molecule has 3 radical (unpaired) electrons. The minimum absolute atomic E-state index is 0. The summed E-state index contributed by atoms with van der Waals surface area (Å²) in [7, 11) is 1.62. The van der Waals surface area contributed by atoms with Gasteiger partial charge in [-0.3, -0.25) is 0 Å². The first kappa shape index (κ1) is 5.54. The fourth-order valence-corrected chi connectivity index (χ4v) is 0.227. The van der Waals surface area contributed by atoms with Gasteiger partial charge in [0, 0.05) is 8.41 Å². The second kappa shape index (κ2) is 2.76. The van der Waals surface area contributed by atoms with Crippen LogP contribution in [0.4, 0.5) is 0 Å². The van der Waals surface area contributed by atoms with E-state index in [1.807, 2.05) is 12.0 Å². The molecule has 1 heterocycles. The molecule has 0 aliphatic carbocycles. The van der Waals surface area contributed by atoms with Gasteiger partial charge in [0.15, 0.2) is 0 Å². The Morgan fingerprint density at radius 2 is 2.33 bits per heavy atom. The summed E-state index contributed by atoms with van der Waals surface area (Å²) in [5, 5.41) is 0. The van der Waals surface area contributed by atoms with Gasteiger partial charge in [-0.2, -0.15) is 0 Å². The third-order valence-electron chi connectivity index (χ3n) is 0.425. The molecule has 0 saturated carbocycles. The van der Waals surface area contributed by atoms with E-state index in [1.54, 1.807) is 13.4 Å². The molecule has 1 aromatic rings. The summed E-state index contributed by atoms with van der Waals surface area (Å²) in [5.74, 6) is 1.83. The molecule has 0 aliphatic heterocycles. The van der Waals surface area contributed by atoms with Crippen molar-refractivity contribution in [1.82, 2.24) is 0 Å².